The minimum Gasteiger partial charge on any atom is -0.310 e. The van der Waals surface area contributed by atoms with E-state index < -0.39 is 11.6 Å². The van der Waals surface area contributed by atoms with Crippen molar-refractivity contribution >= 4 is 11.8 Å². The molecule has 4 heteroatoms. The van der Waals surface area contributed by atoms with E-state index in [9.17, 15) is 8.78 Å². The Morgan fingerprint density at radius 1 is 1.18 bits per heavy atom. The van der Waals surface area contributed by atoms with Gasteiger partial charge in [0.05, 0.1) is 0 Å². The SMILES string of the molecule is CSCCCCNC(C)c1cc(F)cc(F)c1. The normalized spacial score (nSPS) is 12.7. The molecule has 0 radical (unpaired) electrons. The lowest BCUT2D eigenvalue weighted by molar-refractivity contribution is 0.536. The lowest BCUT2D eigenvalue weighted by Gasteiger charge is -2.14. The van der Waals surface area contributed by atoms with Crippen LogP contribution in [0.2, 0.25) is 0 Å². The second kappa shape index (κ2) is 7.67. The van der Waals surface area contributed by atoms with Gasteiger partial charge >= 0.3 is 0 Å². The van der Waals surface area contributed by atoms with Crippen LogP contribution in [0.5, 0.6) is 0 Å². The average Bonchev–Trinajstić information content (AvgIpc) is 2.27. The molecular formula is C13H19F2NS. The zero-order valence-corrected chi connectivity index (χ0v) is 11.1. The van der Waals surface area contributed by atoms with Crippen LogP contribution in [0.15, 0.2) is 18.2 Å². The summed E-state index contributed by atoms with van der Waals surface area (Å²) in [6.45, 7) is 2.79. The van der Waals surface area contributed by atoms with Crippen LogP contribution < -0.4 is 5.32 Å². The first-order valence-corrected chi connectivity index (χ1v) is 7.21. The third-order valence-corrected chi connectivity index (χ3v) is 3.31. The number of hydrogen-bond acceptors (Lipinski definition) is 2. The summed E-state index contributed by atoms with van der Waals surface area (Å²) in [4.78, 5) is 0. The van der Waals surface area contributed by atoms with Gasteiger partial charge in [-0.1, -0.05) is 0 Å². The van der Waals surface area contributed by atoms with Gasteiger partial charge in [0.1, 0.15) is 11.6 Å². The predicted octanol–water partition coefficient (Wildman–Crippen LogP) is 3.76. The maximum atomic E-state index is 13.0. The van der Waals surface area contributed by atoms with Crippen LogP contribution in [-0.4, -0.2) is 18.6 Å². The Morgan fingerprint density at radius 3 is 2.41 bits per heavy atom. The molecule has 96 valence electrons. The molecule has 1 nitrogen and oxygen atoms in total. The molecule has 0 saturated heterocycles. The minimum atomic E-state index is -0.518. The Balaban J connectivity index is 2.38. The van der Waals surface area contributed by atoms with Gasteiger partial charge in [-0.3, -0.25) is 0 Å². The Bertz CT molecular complexity index is 324. The van der Waals surface area contributed by atoms with Crippen molar-refractivity contribution in [2.45, 2.75) is 25.8 Å². The molecule has 1 N–H and O–H groups in total. The Hall–Kier alpha value is -0.610. The molecule has 1 aromatic rings. The van der Waals surface area contributed by atoms with E-state index in [0.717, 1.165) is 24.8 Å². The van der Waals surface area contributed by atoms with Gasteiger partial charge in [0.15, 0.2) is 0 Å². The fourth-order valence-electron chi connectivity index (χ4n) is 1.63. The third kappa shape index (κ3) is 5.50. The van der Waals surface area contributed by atoms with Gasteiger partial charge in [0.25, 0.3) is 0 Å². The molecular weight excluding hydrogens is 240 g/mol. The molecule has 0 fully saturated rings. The van der Waals surface area contributed by atoms with Crippen molar-refractivity contribution in [2.75, 3.05) is 18.6 Å². The summed E-state index contributed by atoms with van der Waals surface area (Å²) in [5, 5.41) is 3.27. The van der Waals surface area contributed by atoms with Crippen LogP contribution >= 0.6 is 11.8 Å². The molecule has 1 atom stereocenters. The molecule has 0 aromatic heterocycles. The monoisotopic (exact) mass is 259 g/mol. The highest BCUT2D eigenvalue weighted by molar-refractivity contribution is 7.98. The molecule has 0 heterocycles. The number of rotatable bonds is 7. The van der Waals surface area contributed by atoms with Crippen LogP contribution in [0.4, 0.5) is 8.78 Å². The summed E-state index contributed by atoms with van der Waals surface area (Å²) in [6.07, 6.45) is 4.34. The average molecular weight is 259 g/mol. The summed E-state index contributed by atoms with van der Waals surface area (Å²) in [5.41, 5.74) is 0.660. The molecule has 0 saturated carbocycles. The Kier molecular flexibility index (Phi) is 6.52. The van der Waals surface area contributed by atoms with E-state index in [-0.39, 0.29) is 6.04 Å². The van der Waals surface area contributed by atoms with Crippen molar-refractivity contribution in [3.8, 4) is 0 Å². The maximum Gasteiger partial charge on any atom is 0.126 e. The van der Waals surface area contributed by atoms with Gasteiger partial charge < -0.3 is 5.32 Å². The molecule has 0 spiro atoms. The first-order valence-electron chi connectivity index (χ1n) is 5.82. The van der Waals surface area contributed by atoms with Crippen LogP contribution in [0.3, 0.4) is 0 Å². The summed E-state index contributed by atoms with van der Waals surface area (Å²) in [6, 6.07) is 3.63. The van der Waals surface area contributed by atoms with Crippen LogP contribution in [0.1, 0.15) is 31.4 Å². The second-order valence-electron chi connectivity index (χ2n) is 4.08. The van der Waals surface area contributed by atoms with E-state index in [1.165, 1.54) is 18.6 Å². The lowest BCUT2D eigenvalue weighted by atomic mass is 10.1. The van der Waals surface area contributed by atoms with Crippen LogP contribution in [0, 0.1) is 11.6 Å². The van der Waals surface area contributed by atoms with Gasteiger partial charge in [-0.15, -0.1) is 0 Å². The van der Waals surface area contributed by atoms with Crippen LogP contribution in [0.25, 0.3) is 0 Å². The summed E-state index contributed by atoms with van der Waals surface area (Å²) >= 11 is 1.83. The highest BCUT2D eigenvalue weighted by Crippen LogP contribution is 2.15. The van der Waals surface area contributed by atoms with Crippen molar-refractivity contribution in [2.24, 2.45) is 0 Å². The number of thioether (sulfide) groups is 1. The number of nitrogens with one attached hydrogen (secondary N) is 1. The van der Waals surface area contributed by atoms with E-state index in [0.29, 0.717) is 5.56 Å². The topological polar surface area (TPSA) is 12.0 Å². The zero-order valence-electron chi connectivity index (χ0n) is 10.3. The predicted molar refractivity (Wildman–Crippen MR) is 70.4 cm³/mol. The van der Waals surface area contributed by atoms with E-state index in [4.69, 9.17) is 0 Å². The second-order valence-corrected chi connectivity index (χ2v) is 5.06. The fourth-order valence-corrected chi connectivity index (χ4v) is 2.13. The number of unbranched alkanes of at least 4 members (excludes halogenated alkanes) is 1. The first-order chi connectivity index (χ1) is 8.13. The summed E-state index contributed by atoms with van der Waals surface area (Å²) < 4.78 is 26.0. The van der Waals surface area contributed by atoms with E-state index >= 15 is 0 Å². The van der Waals surface area contributed by atoms with Gasteiger partial charge in [0, 0.05) is 12.1 Å². The van der Waals surface area contributed by atoms with Gasteiger partial charge in [-0.25, -0.2) is 8.78 Å². The largest absolute Gasteiger partial charge is 0.310 e. The Morgan fingerprint density at radius 2 is 1.82 bits per heavy atom. The molecule has 0 aliphatic heterocycles. The van der Waals surface area contributed by atoms with Crippen molar-refractivity contribution in [1.29, 1.82) is 0 Å². The van der Waals surface area contributed by atoms with Crippen molar-refractivity contribution in [3.63, 3.8) is 0 Å². The molecule has 0 bridgehead atoms. The molecule has 17 heavy (non-hydrogen) atoms. The van der Waals surface area contributed by atoms with Crippen LogP contribution in [-0.2, 0) is 0 Å². The fraction of sp³-hybridized carbons (Fsp3) is 0.538. The molecule has 0 amide bonds. The third-order valence-electron chi connectivity index (χ3n) is 2.61. The van der Waals surface area contributed by atoms with Gasteiger partial charge in [-0.05, 0) is 56.0 Å². The van der Waals surface area contributed by atoms with Crippen molar-refractivity contribution in [3.05, 3.63) is 35.4 Å². The summed E-state index contributed by atoms with van der Waals surface area (Å²) in [5.74, 6) is 0.122. The lowest BCUT2D eigenvalue weighted by Crippen LogP contribution is -2.20. The van der Waals surface area contributed by atoms with Crippen molar-refractivity contribution < 1.29 is 8.78 Å². The molecule has 1 aromatic carbocycles. The van der Waals surface area contributed by atoms with E-state index in [1.54, 1.807) is 0 Å². The van der Waals surface area contributed by atoms with E-state index in [2.05, 4.69) is 11.6 Å². The van der Waals surface area contributed by atoms with Gasteiger partial charge in [-0.2, -0.15) is 11.8 Å². The molecule has 1 unspecified atom stereocenters. The maximum absolute atomic E-state index is 13.0. The summed E-state index contributed by atoms with van der Waals surface area (Å²) in [7, 11) is 0. The quantitative estimate of drug-likeness (QED) is 0.748. The number of halogens is 2. The molecule has 0 aliphatic rings. The highest BCUT2D eigenvalue weighted by Gasteiger charge is 2.07. The van der Waals surface area contributed by atoms with Gasteiger partial charge in [0.2, 0.25) is 0 Å². The van der Waals surface area contributed by atoms with Crippen molar-refractivity contribution in [1.82, 2.24) is 5.32 Å². The molecule has 0 aliphatic carbocycles. The Labute approximate surface area is 106 Å². The number of benzene rings is 1. The standard InChI is InChI=1S/C13H19F2NS/c1-10(16-5-3-4-6-17-2)11-7-12(14)9-13(15)8-11/h7-10,16H,3-6H2,1-2H3. The smallest absolute Gasteiger partial charge is 0.126 e. The first kappa shape index (κ1) is 14.5. The van der Waals surface area contributed by atoms with E-state index in [1.807, 2.05) is 18.7 Å². The minimum absolute atomic E-state index is 0.0190. The highest BCUT2D eigenvalue weighted by atomic mass is 32.2. The molecule has 1 rings (SSSR count). The number of hydrogen-bond donors (Lipinski definition) is 1. The zero-order chi connectivity index (χ0) is 12.7.